The second kappa shape index (κ2) is 5.09. The molecule has 1 heterocycles. The first-order chi connectivity index (χ1) is 9.63. The smallest absolute Gasteiger partial charge is 0.258 e. The molecular formula is C15H11BrN2O2. The molecule has 0 aliphatic heterocycles. The van der Waals surface area contributed by atoms with Crippen LogP contribution in [0, 0.1) is 6.92 Å². The number of phenolic OH excluding ortho intramolecular Hbond substituents is 1. The molecule has 0 fully saturated rings. The molecule has 0 saturated carbocycles. The highest BCUT2D eigenvalue weighted by molar-refractivity contribution is 9.10. The van der Waals surface area contributed by atoms with Gasteiger partial charge in [0.25, 0.3) is 5.89 Å². The molecule has 1 N–H and O–H groups in total. The van der Waals surface area contributed by atoms with Gasteiger partial charge in [-0.3, -0.25) is 0 Å². The van der Waals surface area contributed by atoms with Gasteiger partial charge in [0.15, 0.2) is 0 Å². The summed E-state index contributed by atoms with van der Waals surface area (Å²) in [6.07, 6.45) is 0. The molecule has 0 radical (unpaired) electrons. The molecule has 0 spiro atoms. The number of hydrogen-bond acceptors (Lipinski definition) is 4. The molecule has 0 bridgehead atoms. The Bertz CT molecular complexity index is 751. The van der Waals surface area contributed by atoms with E-state index in [1.807, 2.05) is 43.3 Å². The Balaban J connectivity index is 1.97. The quantitative estimate of drug-likeness (QED) is 0.765. The van der Waals surface area contributed by atoms with Crippen LogP contribution in [0.25, 0.3) is 22.8 Å². The largest absolute Gasteiger partial charge is 0.508 e. The minimum absolute atomic E-state index is 0.214. The summed E-state index contributed by atoms with van der Waals surface area (Å²) in [4.78, 5) is 4.35. The predicted molar refractivity (Wildman–Crippen MR) is 79.3 cm³/mol. The fourth-order valence-corrected chi connectivity index (χ4v) is 2.06. The first-order valence-electron chi connectivity index (χ1n) is 6.03. The monoisotopic (exact) mass is 330 g/mol. The number of halogens is 1. The van der Waals surface area contributed by atoms with Crippen molar-refractivity contribution in [3.8, 4) is 28.6 Å². The summed E-state index contributed by atoms with van der Waals surface area (Å²) in [6, 6.07) is 12.9. The third-order valence-corrected chi connectivity index (χ3v) is 3.51. The van der Waals surface area contributed by atoms with Crippen LogP contribution >= 0.6 is 15.9 Å². The molecule has 100 valence electrons. The average Bonchev–Trinajstić information content (AvgIpc) is 2.92. The third-order valence-electron chi connectivity index (χ3n) is 2.98. The lowest BCUT2D eigenvalue weighted by Gasteiger charge is -1.99. The highest BCUT2D eigenvalue weighted by Crippen LogP contribution is 2.27. The first kappa shape index (κ1) is 12.9. The summed E-state index contributed by atoms with van der Waals surface area (Å²) in [5, 5.41) is 13.7. The number of aromatic hydroxyl groups is 1. The number of nitrogens with zero attached hydrogens (tertiary/aromatic N) is 2. The van der Waals surface area contributed by atoms with E-state index in [1.54, 1.807) is 6.07 Å². The SMILES string of the molecule is Cc1ccc(-c2nc(-c3ccc(Br)cc3)no2)cc1O. The Kier molecular flexibility index (Phi) is 3.28. The minimum Gasteiger partial charge on any atom is -0.508 e. The average molecular weight is 331 g/mol. The van der Waals surface area contributed by atoms with Gasteiger partial charge in [-0.1, -0.05) is 27.2 Å². The Morgan fingerprint density at radius 2 is 1.75 bits per heavy atom. The molecule has 0 unspecified atom stereocenters. The summed E-state index contributed by atoms with van der Waals surface area (Å²) in [7, 11) is 0. The predicted octanol–water partition coefficient (Wildman–Crippen LogP) is 4.18. The second-order valence-electron chi connectivity index (χ2n) is 4.43. The number of aryl methyl sites for hydroxylation is 1. The van der Waals surface area contributed by atoms with Gasteiger partial charge >= 0.3 is 0 Å². The van der Waals surface area contributed by atoms with Crippen molar-refractivity contribution in [2.75, 3.05) is 0 Å². The van der Waals surface area contributed by atoms with Crippen molar-refractivity contribution in [1.82, 2.24) is 10.1 Å². The summed E-state index contributed by atoms with van der Waals surface area (Å²) in [5.74, 6) is 1.12. The Morgan fingerprint density at radius 3 is 2.45 bits per heavy atom. The van der Waals surface area contributed by atoms with E-state index in [-0.39, 0.29) is 5.75 Å². The fraction of sp³-hybridized carbons (Fsp3) is 0.0667. The van der Waals surface area contributed by atoms with Crippen LogP contribution in [-0.4, -0.2) is 15.2 Å². The molecule has 1 aromatic heterocycles. The van der Waals surface area contributed by atoms with Gasteiger partial charge in [0, 0.05) is 15.6 Å². The van der Waals surface area contributed by atoms with E-state index in [0.29, 0.717) is 17.3 Å². The fourth-order valence-electron chi connectivity index (χ4n) is 1.80. The molecule has 3 aromatic rings. The van der Waals surface area contributed by atoms with Gasteiger partial charge in [-0.15, -0.1) is 0 Å². The van der Waals surface area contributed by atoms with Crippen molar-refractivity contribution in [3.05, 3.63) is 52.5 Å². The van der Waals surface area contributed by atoms with Crippen molar-refractivity contribution in [2.24, 2.45) is 0 Å². The zero-order valence-electron chi connectivity index (χ0n) is 10.7. The lowest BCUT2D eigenvalue weighted by Crippen LogP contribution is -1.82. The lowest BCUT2D eigenvalue weighted by atomic mass is 10.1. The number of benzene rings is 2. The molecule has 2 aromatic carbocycles. The maximum Gasteiger partial charge on any atom is 0.258 e. The van der Waals surface area contributed by atoms with E-state index in [4.69, 9.17) is 4.52 Å². The van der Waals surface area contributed by atoms with Gasteiger partial charge in [0.05, 0.1) is 0 Å². The molecule has 0 aliphatic carbocycles. The van der Waals surface area contributed by atoms with E-state index in [0.717, 1.165) is 15.6 Å². The normalized spacial score (nSPS) is 10.7. The van der Waals surface area contributed by atoms with Crippen molar-refractivity contribution >= 4 is 15.9 Å². The third kappa shape index (κ3) is 2.44. The Labute approximate surface area is 124 Å². The number of hydrogen-bond donors (Lipinski definition) is 1. The number of aromatic nitrogens is 2. The molecule has 0 saturated heterocycles. The summed E-state index contributed by atoms with van der Waals surface area (Å²) in [6.45, 7) is 1.83. The highest BCUT2D eigenvalue weighted by Gasteiger charge is 2.11. The van der Waals surface area contributed by atoms with Crippen LogP contribution in [0.3, 0.4) is 0 Å². The zero-order valence-corrected chi connectivity index (χ0v) is 12.3. The van der Waals surface area contributed by atoms with Crippen LogP contribution in [0.1, 0.15) is 5.56 Å². The lowest BCUT2D eigenvalue weighted by molar-refractivity contribution is 0.431. The van der Waals surface area contributed by atoms with Gasteiger partial charge in [0.1, 0.15) is 5.75 Å². The summed E-state index contributed by atoms with van der Waals surface area (Å²) < 4.78 is 6.24. The van der Waals surface area contributed by atoms with Crippen LogP contribution in [0.15, 0.2) is 51.5 Å². The van der Waals surface area contributed by atoms with Crippen LogP contribution < -0.4 is 0 Å². The molecule has 0 amide bonds. The van der Waals surface area contributed by atoms with Gasteiger partial charge in [0.2, 0.25) is 5.82 Å². The van der Waals surface area contributed by atoms with E-state index < -0.39 is 0 Å². The Hall–Kier alpha value is -2.14. The van der Waals surface area contributed by atoms with Crippen molar-refractivity contribution in [2.45, 2.75) is 6.92 Å². The van der Waals surface area contributed by atoms with E-state index in [1.165, 1.54) is 0 Å². The zero-order chi connectivity index (χ0) is 14.1. The maximum atomic E-state index is 9.72. The number of rotatable bonds is 2. The first-order valence-corrected chi connectivity index (χ1v) is 6.82. The van der Waals surface area contributed by atoms with Crippen molar-refractivity contribution in [3.63, 3.8) is 0 Å². The summed E-state index contributed by atoms with van der Waals surface area (Å²) >= 11 is 3.38. The van der Waals surface area contributed by atoms with Crippen LogP contribution in [0.5, 0.6) is 5.75 Å². The number of phenols is 1. The van der Waals surface area contributed by atoms with E-state index in [2.05, 4.69) is 26.1 Å². The molecule has 4 nitrogen and oxygen atoms in total. The van der Waals surface area contributed by atoms with Crippen LogP contribution in [-0.2, 0) is 0 Å². The van der Waals surface area contributed by atoms with Gasteiger partial charge in [-0.05, 0) is 48.9 Å². The minimum atomic E-state index is 0.214. The molecule has 5 heteroatoms. The van der Waals surface area contributed by atoms with Crippen molar-refractivity contribution in [1.29, 1.82) is 0 Å². The van der Waals surface area contributed by atoms with Gasteiger partial charge in [-0.2, -0.15) is 4.98 Å². The van der Waals surface area contributed by atoms with Crippen molar-refractivity contribution < 1.29 is 9.63 Å². The Morgan fingerprint density at radius 1 is 1.05 bits per heavy atom. The molecule has 0 aliphatic rings. The van der Waals surface area contributed by atoms with Gasteiger partial charge < -0.3 is 9.63 Å². The van der Waals surface area contributed by atoms with Gasteiger partial charge in [-0.25, -0.2) is 0 Å². The van der Waals surface area contributed by atoms with E-state index >= 15 is 0 Å². The van der Waals surface area contributed by atoms with E-state index in [9.17, 15) is 5.11 Å². The summed E-state index contributed by atoms with van der Waals surface area (Å²) in [5.41, 5.74) is 2.38. The highest BCUT2D eigenvalue weighted by atomic mass is 79.9. The molecule has 3 rings (SSSR count). The van der Waals surface area contributed by atoms with Crippen LogP contribution in [0.4, 0.5) is 0 Å². The molecular weight excluding hydrogens is 320 g/mol. The maximum absolute atomic E-state index is 9.72. The molecule has 20 heavy (non-hydrogen) atoms. The molecule has 0 atom stereocenters. The second-order valence-corrected chi connectivity index (χ2v) is 5.35. The standard InChI is InChI=1S/C15H11BrN2O2/c1-9-2-3-11(8-13(9)19)15-17-14(18-20-15)10-4-6-12(16)7-5-10/h2-8,19H,1H3. The van der Waals surface area contributed by atoms with Crippen LogP contribution in [0.2, 0.25) is 0 Å². The topological polar surface area (TPSA) is 59.2 Å².